The second kappa shape index (κ2) is 7.44. The van der Waals surface area contributed by atoms with Crippen molar-refractivity contribution in [2.45, 2.75) is 32.4 Å². The van der Waals surface area contributed by atoms with Gasteiger partial charge >= 0.3 is 0 Å². The summed E-state index contributed by atoms with van der Waals surface area (Å²) in [4.78, 5) is 21.4. The lowest BCUT2D eigenvalue weighted by Gasteiger charge is -2.24. The summed E-state index contributed by atoms with van der Waals surface area (Å²) in [6, 6.07) is 16.5. The van der Waals surface area contributed by atoms with Crippen LogP contribution < -0.4 is 0 Å². The number of nitrogens with zero attached hydrogens (tertiary/aromatic N) is 4. The summed E-state index contributed by atoms with van der Waals surface area (Å²) in [5, 5.41) is 5.78. The maximum atomic E-state index is 13.4. The summed E-state index contributed by atoms with van der Waals surface area (Å²) in [5.41, 5.74) is 3.34. The molecule has 1 aliphatic rings. The molecule has 1 saturated heterocycles. The monoisotopic (exact) mass is 402 g/mol. The number of likely N-dealkylation sites (tertiary alicyclic amines) is 1. The third kappa shape index (κ3) is 3.34. The van der Waals surface area contributed by atoms with Gasteiger partial charge in [0.1, 0.15) is 4.83 Å². The fourth-order valence-electron chi connectivity index (χ4n) is 4.17. The highest BCUT2D eigenvalue weighted by Crippen LogP contribution is 2.36. The van der Waals surface area contributed by atoms with E-state index in [2.05, 4.69) is 17.1 Å². The van der Waals surface area contributed by atoms with Crippen molar-refractivity contribution in [2.75, 3.05) is 6.54 Å². The molecule has 0 saturated carbocycles. The van der Waals surface area contributed by atoms with Gasteiger partial charge in [-0.05, 0) is 49.1 Å². The molecule has 4 heterocycles. The lowest BCUT2D eigenvalue weighted by Crippen LogP contribution is -2.29. The molecule has 1 atom stereocenters. The van der Waals surface area contributed by atoms with Crippen LogP contribution in [0.2, 0.25) is 0 Å². The van der Waals surface area contributed by atoms with Gasteiger partial charge in [-0.2, -0.15) is 5.10 Å². The van der Waals surface area contributed by atoms with E-state index in [0.717, 1.165) is 40.2 Å². The number of benzene rings is 1. The first kappa shape index (κ1) is 18.1. The van der Waals surface area contributed by atoms with Gasteiger partial charge < -0.3 is 4.90 Å². The minimum absolute atomic E-state index is 0.121. The molecule has 0 aliphatic carbocycles. The van der Waals surface area contributed by atoms with Crippen molar-refractivity contribution < 1.29 is 4.79 Å². The number of hydrogen-bond donors (Lipinski definition) is 0. The highest BCUT2D eigenvalue weighted by Gasteiger charge is 2.31. The predicted octanol–water partition coefficient (Wildman–Crippen LogP) is 4.83. The molecule has 0 bridgehead atoms. The summed E-state index contributed by atoms with van der Waals surface area (Å²) in [6.07, 6.45) is 5.64. The summed E-state index contributed by atoms with van der Waals surface area (Å²) in [5.74, 6) is 0.121. The maximum absolute atomic E-state index is 13.4. The van der Waals surface area contributed by atoms with Crippen molar-refractivity contribution in [1.29, 1.82) is 0 Å². The normalized spacial score (nSPS) is 16.6. The molecule has 0 N–H and O–H groups in total. The first-order valence-electron chi connectivity index (χ1n) is 9.92. The van der Waals surface area contributed by atoms with Crippen molar-refractivity contribution in [3.05, 3.63) is 82.6 Å². The van der Waals surface area contributed by atoms with Crippen molar-refractivity contribution in [2.24, 2.45) is 0 Å². The molecule has 1 unspecified atom stereocenters. The average molecular weight is 403 g/mol. The van der Waals surface area contributed by atoms with Crippen LogP contribution in [0.15, 0.2) is 60.9 Å². The fourth-order valence-corrected chi connectivity index (χ4v) is 5.28. The smallest absolute Gasteiger partial charge is 0.264 e. The number of thiophene rings is 1. The summed E-state index contributed by atoms with van der Waals surface area (Å²) < 4.78 is 2.02. The van der Waals surface area contributed by atoms with Gasteiger partial charge in [0.2, 0.25) is 0 Å². The van der Waals surface area contributed by atoms with Gasteiger partial charge in [-0.25, -0.2) is 0 Å². The number of carbonyl (C=O) groups is 1. The first-order chi connectivity index (χ1) is 14.2. The van der Waals surface area contributed by atoms with Crippen LogP contribution in [-0.4, -0.2) is 32.1 Å². The largest absolute Gasteiger partial charge is 0.331 e. The van der Waals surface area contributed by atoms with E-state index in [1.54, 1.807) is 23.7 Å². The lowest BCUT2D eigenvalue weighted by molar-refractivity contribution is 0.0740. The number of hydrogen-bond acceptors (Lipinski definition) is 4. The number of pyridine rings is 1. The van der Waals surface area contributed by atoms with E-state index in [1.807, 2.05) is 52.9 Å². The second-order valence-corrected chi connectivity index (χ2v) is 8.53. The zero-order valence-corrected chi connectivity index (χ0v) is 17.1. The van der Waals surface area contributed by atoms with E-state index in [9.17, 15) is 4.79 Å². The Balaban J connectivity index is 1.46. The van der Waals surface area contributed by atoms with Crippen molar-refractivity contribution in [3.63, 3.8) is 0 Å². The molecule has 1 aromatic carbocycles. The Hall–Kier alpha value is -2.99. The molecule has 4 aromatic rings. The lowest BCUT2D eigenvalue weighted by atomic mass is 10.1. The van der Waals surface area contributed by atoms with Crippen LogP contribution >= 0.6 is 11.3 Å². The Morgan fingerprint density at radius 1 is 1.17 bits per heavy atom. The molecule has 29 heavy (non-hydrogen) atoms. The summed E-state index contributed by atoms with van der Waals surface area (Å²) in [7, 11) is 0. The Kier molecular flexibility index (Phi) is 4.64. The van der Waals surface area contributed by atoms with Gasteiger partial charge in [0.25, 0.3) is 5.91 Å². The zero-order chi connectivity index (χ0) is 19.8. The van der Waals surface area contributed by atoms with Crippen LogP contribution in [0.3, 0.4) is 0 Å². The Bertz CT molecular complexity index is 1150. The van der Waals surface area contributed by atoms with Crippen LogP contribution in [0, 0.1) is 6.92 Å². The van der Waals surface area contributed by atoms with Gasteiger partial charge in [-0.15, -0.1) is 11.3 Å². The quantitative estimate of drug-likeness (QED) is 0.491. The minimum Gasteiger partial charge on any atom is -0.331 e. The third-order valence-corrected chi connectivity index (χ3v) is 6.73. The molecule has 1 fully saturated rings. The van der Waals surface area contributed by atoms with Gasteiger partial charge in [0.15, 0.2) is 0 Å². The Morgan fingerprint density at radius 3 is 2.76 bits per heavy atom. The number of amides is 1. The first-order valence-corrected chi connectivity index (χ1v) is 10.7. The SMILES string of the molecule is Cc1nn(Cc2ccccc2)c2sc(C(=O)N3CCCC3c3ccncc3)cc12. The van der Waals surface area contributed by atoms with Crippen molar-refractivity contribution >= 4 is 27.5 Å². The van der Waals surface area contributed by atoms with E-state index in [-0.39, 0.29) is 11.9 Å². The Morgan fingerprint density at radius 2 is 1.97 bits per heavy atom. The maximum Gasteiger partial charge on any atom is 0.264 e. The van der Waals surface area contributed by atoms with Gasteiger partial charge in [-0.1, -0.05) is 30.3 Å². The van der Waals surface area contributed by atoms with E-state index < -0.39 is 0 Å². The van der Waals surface area contributed by atoms with E-state index in [0.29, 0.717) is 6.54 Å². The third-order valence-electron chi connectivity index (χ3n) is 5.60. The number of carbonyl (C=O) groups excluding carboxylic acids is 1. The topological polar surface area (TPSA) is 51.0 Å². The van der Waals surface area contributed by atoms with Gasteiger partial charge in [-0.3, -0.25) is 14.5 Å². The Labute approximate surface area is 173 Å². The van der Waals surface area contributed by atoms with Gasteiger partial charge in [0, 0.05) is 24.3 Å². The zero-order valence-electron chi connectivity index (χ0n) is 16.3. The van der Waals surface area contributed by atoms with Gasteiger partial charge in [0.05, 0.1) is 23.2 Å². The number of aryl methyl sites for hydroxylation is 1. The molecular weight excluding hydrogens is 380 g/mol. The molecule has 0 radical (unpaired) electrons. The molecule has 1 amide bonds. The molecule has 146 valence electrons. The number of aromatic nitrogens is 3. The van der Waals surface area contributed by atoms with Crippen LogP contribution in [0.4, 0.5) is 0 Å². The second-order valence-electron chi connectivity index (χ2n) is 7.50. The van der Waals surface area contributed by atoms with Crippen LogP contribution in [0.1, 0.15) is 45.4 Å². The highest BCUT2D eigenvalue weighted by atomic mass is 32.1. The molecule has 5 nitrogen and oxygen atoms in total. The molecule has 0 spiro atoms. The van der Waals surface area contributed by atoms with E-state index in [1.165, 1.54) is 11.1 Å². The molecule has 3 aromatic heterocycles. The fraction of sp³-hybridized carbons (Fsp3) is 0.261. The standard InChI is InChI=1S/C23H22N4OS/c1-16-19-14-21(29-23(19)27(25-16)15-17-6-3-2-4-7-17)22(28)26-13-5-8-20(26)18-9-11-24-12-10-18/h2-4,6-7,9-12,14,20H,5,8,13,15H2,1H3. The van der Waals surface area contributed by atoms with Crippen molar-refractivity contribution in [3.8, 4) is 0 Å². The number of rotatable bonds is 4. The molecule has 1 aliphatic heterocycles. The summed E-state index contributed by atoms with van der Waals surface area (Å²) in [6.45, 7) is 3.53. The predicted molar refractivity (Wildman–Crippen MR) is 115 cm³/mol. The highest BCUT2D eigenvalue weighted by molar-refractivity contribution is 7.20. The average Bonchev–Trinajstić information content (AvgIpc) is 3.47. The number of fused-ring (bicyclic) bond motifs is 1. The molecular formula is C23H22N4OS. The van der Waals surface area contributed by atoms with Crippen LogP contribution in [-0.2, 0) is 6.54 Å². The minimum atomic E-state index is 0.121. The van der Waals surface area contributed by atoms with Crippen LogP contribution in [0.5, 0.6) is 0 Å². The summed E-state index contributed by atoms with van der Waals surface area (Å²) >= 11 is 1.55. The molecule has 6 heteroatoms. The van der Waals surface area contributed by atoms with Crippen LogP contribution in [0.25, 0.3) is 10.2 Å². The molecule has 5 rings (SSSR count). The van der Waals surface area contributed by atoms with Crippen molar-refractivity contribution in [1.82, 2.24) is 19.7 Å². The van der Waals surface area contributed by atoms with E-state index in [4.69, 9.17) is 5.10 Å². The van der Waals surface area contributed by atoms with E-state index >= 15 is 0 Å².